The summed E-state index contributed by atoms with van der Waals surface area (Å²) in [6.07, 6.45) is 6.68. The minimum Gasteiger partial charge on any atom is -0.507 e. The molecule has 1 heteroatoms. The molecule has 90 valence electrons. The van der Waals surface area contributed by atoms with Crippen LogP contribution in [0, 0.1) is 6.92 Å². The van der Waals surface area contributed by atoms with E-state index in [9.17, 15) is 5.11 Å². The van der Waals surface area contributed by atoms with Crippen LogP contribution in [0.2, 0.25) is 0 Å². The second kappa shape index (κ2) is 6.57. The lowest BCUT2D eigenvalue weighted by Crippen LogP contribution is -1.94. The van der Waals surface area contributed by atoms with Crippen molar-refractivity contribution >= 4 is 0 Å². The predicted octanol–water partition coefficient (Wildman–Crippen LogP) is 4.39. The second-order valence-electron chi connectivity index (χ2n) is 4.64. The molecule has 0 spiro atoms. The molecule has 0 saturated heterocycles. The maximum Gasteiger partial charge on any atom is 0.121 e. The third kappa shape index (κ3) is 3.55. The molecule has 0 radical (unpaired) electrons. The van der Waals surface area contributed by atoms with Crippen LogP contribution in [0.25, 0.3) is 0 Å². The quantitative estimate of drug-likeness (QED) is 0.754. The zero-order valence-corrected chi connectivity index (χ0v) is 10.8. The van der Waals surface area contributed by atoms with Gasteiger partial charge in [0.05, 0.1) is 0 Å². The molecule has 0 atom stereocenters. The van der Waals surface area contributed by atoms with Crippen molar-refractivity contribution in [3.05, 3.63) is 28.8 Å². The summed E-state index contributed by atoms with van der Waals surface area (Å²) in [5, 5.41) is 10.2. The van der Waals surface area contributed by atoms with Crippen molar-refractivity contribution in [3.63, 3.8) is 0 Å². The van der Waals surface area contributed by atoms with E-state index in [1.165, 1.54) is 18.4 Å². The fraction of sp³-hybridized carbons (Fsp3) is 0.600. The summed E-state index contributed by atoms with van der Waals surface area (Å²) in [5.74, 6) is 0.549. The first-order chi connectivity index (χ1) is 7.69. The van der Waals surface area contributed by atoms with Gasteiger partial charge in [-0.2, -0.15) is 0 Å². The molecular formula is C15H24O. The van der Waals surface area contributed by atoms with E-state index in [-0.39, 0.29) is 0 Å². The van der Waals surface area contributed by atoms with Gasteiger partial charge in [0.1, 0.15) is 5.75 Å². The van der Waals surface area contributed by atoms with Crippen molar-refractivity contribution in [2.24, 2.45) is 0 Å². The number of unbranched alkanes of at least 4 members (excludes halogenated alkanes) is 2. The first-order valence-electron chi connectivity index (χ1n) is 6.50. The maximum atomic E-state index is 10.2. The normalized spacial score (nSPS) is 10.7. The van der Waals surface area contributed by atoms with Gasteiger partial charge in [0.15, 0.2) is 0 Å². The Hall–Kier alpha value is -0.980. The fourth-order valence-corrected chi connectivity index (χ4v) is 2.05. The van der Waals surface area contributed by atoms with Crippen LogP contribution >= 0.6 is 0 Å². The van der Waals surface area contributed by atoms with Gasteiger partial charge < -0.3 is 5.11 Å². The van der Waals surface area contributed by atoms with Crippen LogP contribution in [0.15, 0.2) is 12.1 Å². The van der Waals surface area contributed by atoms with E-state index in [1.54, 1.807) is 0 Å². The first-order valence-corrected chi connectivity index (χ1v) is 6.50. The molecule has 16 heavy (non-hydrogen) atoms. The zero-order chi connectivity index (χ0) is 12.0. The Labute approximate surface area is 99.5 Å². The fourth-order valence-electron chi connectivity index (χ4n) is 2.05. The molecule has 0 aliphatic carbocycles. The Kier molecular flexibility index (Phi) is 5.37. The van der Waals surface area contributed by atoms with E-state index in [0.29, 0.717) is 5.75 Å². The lowest BCUT2D eigenvalue weighted by molar-refractivity contribution is 0.458. The molecule has 1 rings (SSSR count). The van der Waals surface area contributed by atoms with Gasteiger partial charge >= 0.3 is 0 Å². The minimum absolute atomic E-state index is 0.549. The van der Waals surface area contributed by atoms with Gasteiger partial charge in [0.2, 0.25) is 0 Å². The van der Waals surface area contributed by atoms with Crippen LogP contribution in [0.5, 0.6) is 5.75 Å². The van der Waals surface area contributed by atoms with Crippen molar-refractivity contribution < 1.29 is 5.11 Å². The molecule has 0 amide bonds. The maximum absolute atomic E-state index is 10.2. The van der Waals surface area contributed by atoms with Crippen LogP contribution < -0.4 is 0 Å². The summed E-state index contributed by atoms with van der Waals surface area (Å²) in [4.78, 5) is 0. The highest BCUT2D eigenvalue weighted by Gasteiger charge is 2.07. The lowest BCUT2D eigenvalue weighted by atomic mass is 9.97. The van der Waals surface area contributed by atoms with Crippen molar-refractivity contribution in [2.45, 2.75) is 59.3 Å². The van der Waals surface area contributed by atoms with Gasteiger partial charge in [0.25, 0.3) is 0 Å². The van der Waals surface area contributed by atoms with Crippen molar-refractivity contribution in [1.29, 1.82) is 0 Å². The summed E-state index contributed by atoms with van der Waals surface area (Å²) >= 11 is 0. The molecule has 1 aromatic carbocycles. The van der Waals surface area contributed by atoms with E-state index in [0.717, 1.165) is 36.8 Å². The standard InChI is InChI=1S/C15H24O/c1-4-6-8-13-10-12(3)11-14(15(13)16)9-7-5-2/h10-11,16H,4-9H2,1-3H3. The summed E-state index contributed by atoms with van der Waals surface area (Å²) in [6.45, 7) is 6.49. The van der Waals surface area contributed by atoms with Gasteiger partial charge in [-0.1, -0.05) is 44.4 Å². The van der Waals surface area contributed by atoms with Gasteiger partial charge in [-0.3, -0.25) is 0 Å². The minimum atomic E-state index is 0.549. The van der Waals surface area contributed by atoms with Crippen LogP contribution in [0.4, 0.5) is 0 Å². The lowest BCUT2D eigenvalue weighted by Gasteiger charge is -2.11. The number of aryl methyl sites for hydroxylation is 3. The van der Waals surface area contributed by atoms with Crippen molar-refractivity contribution in [1.82, 2.24) is 0 Å². The summed E-state index contributed by atoms with van der Waals surface area (Å²) in [6, 6.07) is 4.25. The SMILES string of the molecule is CCCCc1cc(C)cc(CCCC)c1O. The van der Waals surface area contributed by atoms with Crippen LogP contribution in [0.3, 0.4) is 0 Å². The zero-order valence-electron chi connectivity index (χ0n) is 10.8. The number of rotatable bonds is 6. The van der Waals surface area contributed by atoms with Crippen molar-refractivity contribution in [2.75, 3.05) is 0 Å². The number of hydrogen-bond donors (Lipinski definition) is 1. The number of phenols is 1. The number of aromatic hydroxyl groups is 1. The van der Waals surface area contributed by atoms with E-state index < -0.39 is 0 Å². The number of phenolic OH excluding ortho intramolecular Hbond substituents is 1. The highest BCUT2D eigenvalue weighted by molar-refractivity contribution is 5.43. The van der Waals surface area contributed by atoms with Crippen molar-refractivity contribution in [3.8, 4) is 5.75 Å². The average molecular weight is 220 g/mol. The van der Waals surface area contributed by atoms with Gasteiger partial charge in [-0.05, 0) is 43.7 Å². The molecule has 0 saturated carbocycles. The van der Waals surface area contributed by atoms with E-state index in [2.05, 4.69) is 32.9 Å². The monoisotopic (exact) mass is 220 g/mol. The molecule has 1 nitrogen and oxygen atoms in total. The third-order valence-corrected chi connectivity index (χ3v) is 3.01. The Bertz CT molecular complexity index is 299. The molecular weight excluding hydrogens is 196 g/mol. The third-order valence-electron chi connectivity index (χ3n) is 3.01. The van der Waals surface area contributed by atoms with Gasteiger partial charge in [0, 0.05) is 0 Å². The summed E-state index contributed by atoms with van der Waals surface area (Å²) in [5.41, 5.74) is 3.54. The first kappa shape index (κ1) is 13.1. The summed E-state index contributed by atoms with van der Waals surface area (Å²) in [7, 11) is 0. The van der Waals surface area contributed by atoms with E-state index in [1.807, 2.05) is 0 Å². The highest BCUT2D eigenvalue weighted by atomic mass is 16.3. The Balaban J connectivity index is 2.86. The average Bonchev–Trinajstić information content (AvgIpc) is 2.28. The molecule has 1 aromatic rings. The van der Waals surface area contributed by atoms with Gasteiger partial charge in [-0.25, -0.2) is 0 Å². The van der Waals surface area contributed by atoms with E-state index in [4.69, 9.17) is 0 Å². The predicted molar refractivity (Wildman–Crippen MR) is 70.1 cm³/mol. The molecule has 0 bridgehead atoms. The molecule has 0 heterocycles. The number of hydrogen-bond acceptors (Lipinski definition) is 1. The van der Waals surface area contributed by atoms with Crippen LogP contribution in [0.1, 0.15) is 56.2 Å². The van der Waals surface area contributed by atoms with Crippen LogP contribution in [-0.4, -0.2) is 5.11 Å². The van der Waals surface area contributed by atoms with E-state index >= 15 is 0 Å². The Morgan fingerprint density at radius 1 is 0.938 bits per heavy atom. The van der Waals surface area contributed by atoms with Gasteiger partial charge in [-0.15, -0.1) is 0 Å². The van der Waals surface area contributed by atoms with Crippen LogP contribution in [-0.2, 0) is 12.8 Å². The topological polar surface area (TPSA) is 20.2 Å². The second-order valence-corrected chi connectivity index (χ2v) is 4.64. The smallest absolute Gasteiger partial charge is 0.121 e. The largest absolute Gasteiger partial charge is 0.507 e. The molecule has 1 N–H and O–H groups in total. The molecule has 0 fully saturated rings. The number of benzene rings is 1. The molecule has 0 aliphatic heterocycles. The Morgan fingerprint density at radius 2 is 1.38 bits per heavy atom. The highest BCUT2D eigenvalue weighted by Crippen LogP contribution is 2.27. The molecule has 0 aliphatic rings. The molecule has 0 unspecified atom stereocenters. The summed E-state index contributed by atoms with van der Waals surface area (Å²) < 4.78 is 0. The Morgan fingerprint density at radius 3 is 1.75 bits per heavy atom. The molecule has 0 aromatic heterocycles.